The van der Waals surface area contributed by atoms with Gasteiger partial charge in [-0.05, 0) is 12.5 Å². The molecule has 25 heavy (non-hydrogen) atoms. The number of cyclic esters (lactones) is 1. The Bertz CT molecular complexity index is 620. The van der Waals surface area contributed by atoms with Gasteiger partial charge < -0.3 is 19.7 Å². The van der Waals surface area contributed by atoms with E-state index in [0.29, 0.717) is 25.9 Å². The molecular formula is C17H21NO7. The molecule has 2 N–H and O–H groups in total. The molecule has 0 radical (unpaired) electrons. The maximum atomic E-state index is 11.7. The summed E-state index contributed by atoms with van der Waals surface area (Å²) in [5.74, 6) is -0.862. The lowest BCUT2D eigenvalue weighted by Gasteiger charge is -2.39. The van der Waals surface area contributed by atoms with E-state index in [1.807, 2.05) is 36.1 Å². The van der Waals surface area contributed by atoms with Crippen molar-refractivity contribution in [3.63, 3.8) is 0 Å². The number of aryl methyl sites for hydroxylation is 1. The van der Waals surface area contributed by atoms with Crippen LogP contribution in [0.3, 0.4) is 0 Å². The summed E-state index contributed by atoms with van der Waals surface area (Å²) in [4.78, 5) is 33.1. The van der Waals surface area contributed by atoms with E-state index in [9.17, 15) is 14.7 Å². The van der Waals surface area contributed by atoms with E-state index in [1.165, 1.54) is 0 Å². The van der Waals surface area contributed by atoms with Gasteiger partial charge in [-0.15, -0.1) is 0 Å². The Morgan fingerprint density at radius 1 is 1.28 bits per heavy atom. The van der Waals surface area contributed by atoms with Crippen molar-refractivity contribution < 1.29 is 34.1 Å². The lowest BCUT2D eigenvalue weighted by Crippen LogP contribution is -2.48. The number of likely N-dealkylation sites (tertiary alicyclic amines) is 1. The van der Waals surface area contributed by atoms with Crippen LogP contribution in [0.2, 0.25) is 0 Å². The fraction of sp³-hybridized carbons (Fsp3) is 0.471. The molecule has 0 amide bonds. The number of aliphatic carboxylic acids is 1. The van der Waals surface area contributed by atoms with Gasteiger partial charge in [0.25, 0.3) is 6.47 Å². The summed E-state index contributed by atoms with van der Waals surface area (Å²) in [7, 11) is 0. The molecule has 0 saturated carbocycles. The van der Waals surface area contributed by atoms with Crippen molar-refractivity contribution in [1.29, 1.82) is 0 Å². The van der Waals surface area contributed by atoms with Gasteiger partial charge in [-0.25, -0.2) is 4.79 Å². The summed E-state index contributed by atoms with van der Waals surface area (Å²) in [5, 5.41) is 16.5. The molecule has 2 saturated heterocycles. The molecule has 1 unspecified atom stereocenters. The van der Waals surface area contributed by atoms with Gasteiger partial charge in [-0.2, -0.15) is 0 Å². The zero-order chi connectivity index (χ0) is 18.4. The van der Waals surface area contributed by atoms with Crippen LogP contribution in [0, 0.1) is 6.92 Å². The summed E-state index contributed by atoms with van der Waals surface area (Å²) in [6.07, 6.45) is 0.560. The third-order valence-electron chi connectivity index (χ3n) is 4.45. The fourth-order valence-corrected chi connectivity index (χ4v) is 3.12. The number of carbonyl (C=O) groups is 3. The molecule has 2 heterocycles. The first-order valence-electron chi connectivity index (χ1n) is 7.88. The molecule has 8 heteroatoms. The van der Waals surface area contributed by atoms with Crippen molar-refractivity contribution in [2.45, 2.75) is 31.4 Å². The average Bonchev–Trinajstić information content (AvgIpc) is 2.93. The van der Waals surface area contributed by atoms with Gasteiger partial charge in [-0.1, -0.05) is 29.8 Å². The van der Waals surface area contributed by atoms with Gasteiger partial charge in [0.05, 0.1) is 0 Å². The predicted octanol–water partition coefficient (Wildman–Crippen LogP) is 1.82. The van der Waals surface area contributed by atoms with Gasteiger partial charge in [0.1, 0.15) is 12.6 Å². The highest BCUT2D eigenvalue weighted by atomic mass is 16.8. The van der Waals surface area contributed by atoms with Crippen LogP contribution < -0.4 is 0 Å². The summed E-state index contributed by atoms with van der Waals surface area (Å²) in [5.41, 5.74) is 1.30. The Morgan fingerprint density at radius 3 is 2.28 bits per heavy atom. The van der Waals surface area contributed by atoms with Crippen molar-refractivity contribution in [1.82, 2.24) is 4.90 Å². The lowest BCUT2D eigenvalue weighted by atomic mass is 9.90. The Hall–Kier alpha value is -2.61. The SMILES string of the molecule is Cc1ccc(C(C(=O)O)N2CCC3(CC2)COC(=O)O3)cc1.O=CO. The summed E-state index contributed by atoms with van der Waals surface area (Å²) in [6.45, 7) is 3.10. The maximum absolute atomic E-state index is 11.7. The van der Waals surface area contributed by atoms with Crippen molar-refractivity contribution in [2.75, 3.05) is 19.7 Å². The quantitative estimate of drug-likeness (QED) is 0.626. The Balaban J connectivity index is 0.000000701. The summed E-state index contributed by atoms with van der Waals surface area (Å²) in [6, 6.07) is 6.89. The third kappa shape index (κ3) is 4.48. The van der Waals surface area contributed by atoms with Crippen LogP contribution in [0.25, 0.3) is 0 Å². The van der Waals surface area contributed by atoms with Crippen LogP contribution in [0.1, 0.15) is 30.0 Å². The number of nitrogens with zero attached hydrogens (tertiary/aromatic N) is 1. The molecule has 2 aliphatic rings. The second-order valence-electron chi connectivity index (χ2n) is 6.12. The molecule has 1 atom stereocenters. The normalized spacial score (nSPS) is 20.0. The van der Waals surface area contributed by atoms with Crippen LogP contribution in [0.4, 0.5) is 4.79 Å². The lowest BCUT2D eigenvalue weighted by molar-refractivity contribution is -0.145. The molecule has 3 rings (SSSR count). The van der Waals surface area contributed by atoms with Gasteiger partial charge in [0.15, 0.2) is 5.60 Å². The van der Waals surface area contributed by atoms with Crippen LogP contribution in [0.5, 0.6) is 0 Å². The predicted molar refractivity (Wildman–Crippen MR) is 86.2 cm³/mol. The van der Waals surface area contributed by atoms with Crippen LogP contribution >= 0.6 is 0 Å². The van der Waals surface area contributed by atoms with Gasteiger partial charge in [0.2, 0.25) is 0 Å². The maximum Gasteiger partial charge on any atom is 0.509 e. The summed E-state index contributed by atoms with van der Waals surface area (Å²) < 4.78 is 10.2. The Kier molecular flexibility index (Phi) is 5.97. The Morgan fingerprint density at radius 2 is 1.84 bits per heavy atom. The molecule has 1 aromatic carbocycles. The van der Waals surface area contributed by atoms with Gasteiger partial charge in [0, 0.05) is 25.9 Å². The molecular weight excluding hydrogens is 330 g/mol. The number of rotatable bonds is 3. The molecule has 0 aliphatic carbocycles. The molecule has 8 nitrogen and oxygen atoms in total. The molecule has 0 aromatic heterocycles. The molecule has 0 bridgehead atoms. The molecule has 2 aliphatic heterocycles. The number of hydrogen-bond acceptors (Lipinski definition) is 6. The average molecular weight is 351 g/mol. The minimum absolute atomic E-state index is 0.250. The fourth-order valence-electron chi connectivity index (χ4n) is 3.12. The molecule has 136 valence electrons. The highest BCUT2D eigenvalue weighted by Crippen LogP contribution is 2.35. The first-order valence-corrected chi connectivity index (χ1v) is 7.88. The highest BCUT2D eigenvalue weighted by molar-refractivity contribution is 5.75. The van der Waals surface area contributed by atoms with Gasteiger partial charge >= 0.3 is 12.1 Å². The van der Waals surface area contributed by atoms with Crippen LogP contribution in [-0.4, -0.2) is 59.0 Å². The smallest absolute Gasteiger partial charge is 0.483 e. The number of carboxylic acid groups (broad SMARTS) is 2. The molecule has 1 spiro atoms. The van der Waals surface area contributed by atoms with Gasteiger partial charge in [-0.3, -0.25) is 14.5 Å². The van der Waals surface area contributed by atoms with E-state index in [4.69, 9.17) is 19.4 Å². The van der Waals surface area contributed by atoms with Crippen LogP contribution in [-0.2, 0) is 19.1 Å². The van der Waals surface area contributed by atoms with E-state index in [-0.39, 0.29) is 13.1 Å². The van der Waals surface area contributed by atoms with Crippen molar-refractivity contribution in [3.05, 3.63) is 35.4 Å². The minimum atomic E-state index is -0.862. The zero-order valence-corrected chi connectivity index (χ0v) is 13.9. The van der Waals surface area contributed by atoms with E-state index in [1.54, 1.807) is 0 Å². The number of benzene rings is 1. The largest absolute Gasteiger partial charge is 0.509 e. The van der Waals surface area contributed by atoms with Crippen LogP contribution in [0.15, 0.2) is 24.3 Å². The number of piperidine rings is 1. The molecule has 1 aromatic rings. The number of hydrogen-bond donors (Lipinski definition) is 2. The number of carbonyl (C=O) groups excluding carboxylic acids is 1. The first kappa shape index (κ1) is 18.7. The zero-order valence-electron chi connectivity index (χ0n) is 13.9. The van der Waals surface area contributed by atoms with E-state index >= 15 is 0 Å². The second kappa shape index (κ2) is 7.98. The molecule has 2 fully saturated rings. The highest BCUT2D eigenvalue weighted by Gasteiger charge is 2.46. The minimum Gasteiger partial charge on any atom is -0.483 e. The standard InChI is InChI=1S/C16H19NO5.CH2O2/c1-11-2-4-12(5-3-11)13(14(18)19)17-8-6-16(7-9-17)10-21-15(20)22-16;2-1-3/h2-5,13H,6-10H2,1H3,(H,18,19);1H,(H,2,3). The van der Waals surface area contributed by atoms with E-state index < -0.39 is 23.8 Å². The first-order chi connectivity index (χ1) is 11.9. The third-order valence-corrected chi connectivity index (χ3v) is 4.45. The second-order valence-corrected chi connectivity index (χ2v) is 6.12. The number of carboxylic acids is 1. The van der Waals surface area contributed by atoms with E-state index in [0.717, 1.165) is 11.1 Å². The number of ether oxygens (including phenoxy) is 2. The van der Waals surface area contributed by atoms with E-state index in [2.05, 4.69) is 0 Å². The topological polar surface area (TPSA) is 113 Å². The monoisotopic (exact) mass is 351 g/mol. The van der Waals surface area contributed by atoms with Crippen molar-refractivity contribution in [3.8, 4) is 0 Å². The summed E-state index contributed by atoms with van der Waals surface area (Å²) >= 11 is 0. The van der Waals surface area contributed by atoms with Crippen molar-refractivity contribution in [2.24, 2.45) is 0 Å². The van der Waals surface area contributed by atoms with Crippen molar-refractivity contribution >= 4 is 18.6 Å². The Labute approximate surface area is 144 Å².